The highest BCUT2D eigenvalue weighted by atomic mass is 127. The van der Waals surface area contributed by atoms with Crippen LogP contribution in [0.3, 0.4) is 0 Å². The van der Waals surface area contributed by atoms with Gasteiger partial charge in [0.05, 0.1) is 25.9 Å². The number of phenolic OH excluding ortho intramolecular Hbond substituents is 1. The molecule has 1 heterocycles. The number of thiazole rings is 1. The minimum absolute atomic E-state index is 0. The lowest BCUT2D eigenvalue weighted by Gasteiger charge is -2.21. The smallest absolute Gasteiger partial charge is 0.194 e. The number of guanidine groups is 1. The van der Waals surface area contributed by atoms with Crippen LogP contribution in [0.25, 0.3) is 0 Å². The maximum absolute atomic E-state index is 10.2. The molecule has 2 rings (SSSR count). The van der Waals surface area contributed by atoms with Gasteiger partial charge >= 0.3 is 0 Å². The molecule has 0 saturated carbocycles. The molecule has 156 valence electrons. The molecule has 28 heavy (non-hydrogen) atoms. The number of aliphatic imine (C=N–C) groups is 1. The lowest BCUT2D eigenvalue weighted by atomic mass is 10.2. The van der Waals surface area contributed by atoms with Gasteiger partial charge in [0.25, 0.3) is 0 Å². The summed E-state index contributed by atoms with van der Waals surface area (Å²) in [6.45, 7) is 5.73. The van der Waals surface area contributed by atoms with Crippen molar-refractivity contribution < 1.29 is 14.6 Å². The highest BCUT2D eigenvalue weighted by Crippen LogP contribution is 2.29. The third kappa shape index (κ3) is 6.49. The van der Waals surface area contributed by atoms with E-state index in [2.05, 4.69) is 15.3 Å². The molecule has 9 heteroatoms. The van der Waals surface area contributed by atoms with Crippen LogP contribution in [-0.4, -0.2) is 48.8 Å². The standard InChI is InChI=1S/C19H28N4O3S.HI/c1-6-20-19(21-10-14-8-7-9-16(26-5)17(14)24)23(3)11-15-12-27-18(22-15)13(2)25-4;/h7-9,12-13,24H,6,10-11H2,1-5H3,(H,20,21);1H. The molecular formula is C19H29IN4O3S. The van der Waals surface area contributed by atoms with Gasteiger partial charge in [-0.3, -0.25) is 0 Å². The van der Waals surface area contributed by atoms with Gasteiger partial charge < -0.3 is 24.8 Å². The molecule has 7 nitrogen and oxygen atoms in total. The van der Waals surface area contributed by atoms with Gasteiger partial charge in [-0.05, 0) is 19.9 Å². The summed E-state index contributed by atoms with van der Waals surface area (Å²) in [7, 11) is 5.18. The van der Waals surface area contributed by atoms with Gasteiger partial charge in [0.15, 0.2) is 17.5 Å². The number of hydrogen-bond donors (Lipinski definition) is 2. The first-order valence-electron chi connectivity index (χ1n) is 8.81. The Morgan fingerprint density at radius 3 is 2.79 bits per heavy atom. The Morgan fingerprint density at radius 1 is 1.39 bits per heavy atom. The predicted octanol–water partition coefficient (Wildman–Crippen LogP) is 3.78. The minimum Gasteiger partial charge on any atom is -0.504 e. The van der Waals surface area contributed by atoms with Gasteiger partial charge in [0.2, 0.25) is 0 Å². The topological polar surface area (TPSA) is 79.2 Å². The highest BCUT2D eigenvalue weighted by molar-refractivity contribution is 14.0. The zero-order valence-electron chi connectivity index (χ0n) is 16.9. The van der Waals surface area contributed by atoms with Crippen LogP contribution in [0.4, 0.5) is 0 Å². The molecular weight excluding hydrogens is 491 g/mol. The van der Waals surface area contributed by atoms with Crippen LogP contribution in [0.2, 0.25) is 0 Å². The summed E-state index contributed by atoms with van der Waals surface area (Å²) in [6, 6.07) is 5.40. The van der Waals surface area contributed by atoms with Crippen molar-refractivity contribution in [1.29, 1.82) is 0 Å². The molecule has 0 radical (unpaired) electrons. The summed E-state index contributed by atoms with van der Waals surface area (Å²) in [5.41, 5.74) is 1.68. The molecule has 0 amide bonds. The lowest BCUT2D eigenvalue weighted by Crippen LogP contribution is -2.38. The molecule has 1 aromatic heterocycles. The summed E-state index contributed by atoms with van der Waals surface area (Å²) in [4.78, 5) is 11.3. The van der Waals surface area contributed by atoms with Gasteiger partial charge in [0.1, 0.15) is 11.1 Å². The molecule has 2 N–H and O–H groups in total. The fourth-order valence-corrected chi connectivity index (χ4v) is 3.33. The number of hydrogen-bond acceptors (Lipinski definition) is 6. The van der Waals surface area contributed by atoms with E-state index in [-0.39, 0.29) is 35.8 Å². The number of ether oxygens (including phenoxy) is 2. The number of para-hydroxylation sites is 1. The van der Waals surface area contributed by atoms with Crippen molar-refractivity contribution in [2.45, 2.75) is 33.0 Å². The third-order valence-corrected chi connectivity index (χ3v) is 5.12. The summed E-state index contributed by atoms with van der Waals surface area (Å²) in [5.74, 6) is 1.32. The average molecular weight is 520 g/mol. The third-order valence-electron chi connectivity index (χ3n) is 4.07. The van der Waals surface area contributed by atoms with Crippen molar-refractivity contribution in [1.82, 2.24) is 15.2 Å². The Hall–Kier alpha value is -1.59. The van der Waals surface area contributed by atoms with E-state index in [0.717, 1.165) is 23.2 Å². The number of nitrogens with zero attached hydrogens (tertiary/aromatic N) is 3. The van der Waals surface area contributed by atoms with Crippen molar-refractivity contribution in [2.75, 3.05) is 27.8 Å². The monoisotopic (exact) mass is 520 g/mol. The molecule has 0 aliphatic carbocycles. The van der Waals surface area contributed by atoms with Crippen LogP contribution in [-0.2, 0) is 17.8 Å². The normalized spacial score (nSPS) is 12.2. The molecule has 2 aromatic rings. The van der Waals surface area contributed by atoms with Gasteiger partial charge in [-0.15, -0.1) is 35.3 Å². The second kappa shape index (κ2) is 12.1. The summed E-state index contributed by atoms with van der Waals surface area (Å²) in [5, 5.41) is 16.5. The first-order chi connectivity index (χ1) is 13.0. The molecule has 0 bridgehead atoms. The van der Waals surface area contributed by atoms with Crippen molar-refractivity contribution in [3.8, 4) is 11.5 Å². The van der Waals surface area contributed by atoms with Crippen LogP contribution in [0.15, 0.2) is 28.6 Å². The van der Waals surface area contributed by atoms with E-state index in [0.29, 0.717) is 24.4 Å². The van der Waals surface area contributed by atoms with Gasteiger partial charge in [0, 0.05) is 31.6 Å². The van der Waals surface area contributed by atoms with Crippen molar-refractivity contribution >= 4 is 41.3 Å². The summed E-state index contributed by atoms with van der Waals surface area (Å²) in [6.07, 6.45) is -0.00741. The molecule has 1 unspecified atom stereocenters. The quantitative estimate of drug-likeness (QED) is 0.314. The number of aromatic hydroxyl groups is 1. The van der Waals surface area contributed by atoms with Gasteiger partial charge in [-0.2, -0.15) is 0 Å². The van der Waals surface area contributed by atoms with Gasteiger partial charge in [-0.1, -0.05) is 12.1 Å². The van der Waals surface area contributed by atoms with Crippen LogP contribution >= 0.6 is 35.3 Å². The Morgan fingerprint density at radius 2 is 2.14 bits per heavy atom. The van der Waals surface area contributed by atoms with Crippen molar-refractivity contribution in [3.63, 3.8) is 0 Å². The van der Waals surface area contributed by atoms with Gasteiger partial charge in [-0.25, -0.2) is 9.98 Å². The van der Waals surface area contributed by atoms with E-state index in [4.69, 9.17) is 9.47 Å². The number of halogens is 1. The number of methoxy groups -OCH3 is 2. The van der Waals surface area contributed by atoms with E-state index in [1.807, 2.05) is 43.3 Å². The number of nitrogens with one attached hydrogen (secondary N) is 1. The maximum atomic E-state index is 10.2. The molecule has 0 saturated heterocycles. The highest BCUT2D eigenvalue weighted by Gasteiger charge is 2.13. The SMILES string of the molecule is CCNC(=NCc1cccc(OC)c1O)N(C)Cc1csc(C(C)OC)n1.I. The first-order valence-corrected chi connectivity index (χ1v) is 9.69. The number of benzene rings is 1. The van der Waals surface area contributed by atoms with Crippen molar-refractivity contribution in [3.05, 3.63) is 39.8 Å². The first kappa shape index (κ1) is 24.4. The molecule has 1 aromatic carbocycles. The molecule has 0 aliphatic heterocycles. The predicted molar refractivity (Wildman–Crippen MR) is 124 cm³/mol. The fourth-order valence-electron chi connectivity index (χ4n) is 2.49. The van der Waals surface area contributed by atoms with E-state index in [1.54, 1.807) is 24.5 Å². The number of aromatic nitrogens is 1. The second-order valence-electron chi connectivity index (χ2n) is 6.05. The molecule has 0 spiro atoms. The van der Waals surface area contributed by atoms with Crippen LogP contribution in [0, 0.1) is 0 Å². The lowest BCUT2D eigenvalue weighted by molar-refractivity contribution is 0.119. The second-order valence-corrected chi connectivity index (χ2v) is 6.94. The van der Waals surface area contributed by atoms with E-state index in [9.17, 15) is 5.11 Å². The fraction of sp³-hybridized carbons (Fsp3) is 0.474. The van der Waals surface area contributed by atoms with Crippen LogP contribution in [0.5, 0.6) is 11.5 Å². The Bertz CT molecular complexity index is 769. The summed E-state index contributed by atoms with van der Waals surface area (Å²) < 4.78 is 10.5. The number of phenols is 1. The van der Waals surface area contributed by atoms with Crippen molar-refractivity contribution in [2.24, 2.45) is 4.99 Å². The molecule has 0 aliphatic rings. The Labute approximate surface area is 187 Å². The largest absolute Gasteiger partial charge is 0.504 e. The van der Waals surface area contributed by atoms with E-state index in [1.165, 1.54) is 7.11 Å². The molecule has 1 atom stereocenters. The zero-order valence-corrected chi connectivity index (χ0v) is 20.1. The van der Waals surface area contributed by atoms with E-state index >= 15 is 0 Å². The summed E-state index contributed by atoms with van der Waals surface area (Å²) >= 11 is 1.60. The van der Waals surface area contributed by atoms with E-state index < -0.39 is 0 Å². The average Bonchev–Trinajstić information content (AvgIpc) is 3.13. The van der Waals surface area contributed by atoms with Crippen LogP contribution < -0.4 is 10.1 Å². The van der Waals surface area contributed by atoms with Crippen LogP contribution in [0.1, 0.15) is 36.2 Å². The number of rotatable bonds is 8. The zero-order chi connectivity index (χ0) is 19.8. The Balaban J connectivity index is 0.00000392. The maximum Gasteiger partial charge on any atom is 0.194 e. The molecule has 0 fully saturated rings. The minimum atomic E-state index is -0.00741. The Kier molecular flexibility index (Phi) is 10.5.